The van der Waals surface area contributed by atoms with Crippen LogP contribution in [0.3, 0.4) is 0 Å². The molecule has 1 saturated carbocycles. The van der Waals surface area contributed by atoms with Crippen molar-refractivity contribution in [1.29, 1.82) is 0 Å². The molecule has 1 aliphatic carbocycles. The summed E-state index contributed by atoms with van der Waals surface area (Å²) in [6.07, 6.45) is 5.92. The first-order valence-corrected chi connectivity index (χ1v) is 11.5. The van der Waals surface area contributed by atoms with E-state index < -0.39 is 6.04 Å². The highest BCUT2D eigenvalue weighted by atomic mass is 79.9. The lowest BCUT2D eigenvalue weighted by Gasteiger charge is -2.30. The van der Waals surface area contributed by atoms with Gasteiger partial charge >= 0.3 is 0 Å². The van der Waals surface area contributed by atoms with Crippen molar-refractivity contribution >= 4 is 27.7 Å². The summed E-state index contributed by atoms with van der Waals surface area (Å²) in [5.41, 5.74) is 1.97. The van der Waals surface area contributed by atoms with E-state index in [0.29, 0.717) is 12.3 Å². The van der Waals surface area contributed by atoms with Crippen molar-refractivity contribution in [3.05, 3.63) is 64.1 Å². The Labute approximate surface area is 185 Å². The molecule has 0 spiro atoms. The standard InChI is InChI=1S/C24H27BrN2O3/c25-18-12-13-21-20(15-18)23(24(29)26-19-10-4-5-11-19)27(22(28)16-30-21)14-6-9-17-7-2-1-3-8-17/h1-3,7-8,12-13,15,19,23H,4-6,9-11,14,16H2,(H,26,29). The maximum absolute atomic E-state index is 13.4. The number of carbonyl (C=O) groups is 2. The number of ether oxygens (including phenoxy) is 1. The molecule has 6 heteroatoms. The van der Waals surface area contributed by atoms with Crippen molar-refractivity contribution in [3.63, 3.8) is 0 Å². The number of fused-ring (bicyclic) bond motifs is 1. The number of nitrogens with zero attached hydrogens (tertiary/aromatic N) is 1. The summed E-state index contributed by atoms with van der Waals surface area (Å²) in [4.78, 5) is 28.1. The maximum atomic E-state index is 13.4. The van der Waals surface area contributed by atoms with Gasteiger partial charge in [-0.3, -0.25) is 9.59 Å². The first kappa shape index (κ1) is 20.9. The van der Waals surface area contributed by atoms with Crippen molar-refractivity contribution in [3.8, 4) is 5.75 Å². The molecule has 30 heavy (non-hydrogen) atoms. The minimum absolute atomic E-state index is 0.0484. The van der Waals surface area contributed by atoms with E-state index in [1.165, 1.54) is 5.56 Å². The molecule has 0 aromatic heterocycles. The molecule has 0 bridgehead atoms. The Morgan fingerprint density at radius 2 is 1.90 bits per heavy atom. The Morgan fingerprint density at radius 1 is 1.13 bits per heavy atom. The first-order valence-electron chi connectivity index (χ1n) is 10.7. The fraction of sp³-hybridized carbons (Fsp3) is 0.417. The quantitative estimate of drug-likeness (QED) is 0.680. The van der Waals surface area contributed by atoms with Crippen molar-refractivity contribution < 1.29 is 14.3 Å². The second-order valence-electron chi connectivity index (χ2n) is 8.04. The van der Waals surface area contributed by atoms with Crippen LogP contribution < -0.4 is 10.1 Å². The molecule has 1 atom stereocenters. The SMILES string of the molecule is O=C(NC1CCCC1)C1c2cc(Br)ccc2OCC(=O)N1CCCc1ccccc1. The third kappa shape index (κ3) is 4.86. The summed E-state index contributed by atoms with van der Waals surface area (Å²) in [5, 5.41) is 3.19. The predicted molar refractivity (Wildman–Crippen MR) is 119 cm³/mol. The van der Waals surface area contributed by atoms with Gasteiger partial charge in [-0.2, -0.15) is 0 Å². The normalized spacial score (nSPS) is 19.2. The molecule has 158 valence electrons. The Hall–Kier alpha value is -2.34. The Morgan fingerprint density at radius 3 is 2.67 bits per heavy atom. The van der Waals surface area contributed by atoms with E-state index in [-0.39, 0.29) is 24.5 Å². The van der Waals surface area contributed by atoms with Crippen LogP contribution in [0.1, 0.15) is 49.3 Å². The summed E-state index contributed by atoms with van der Waals surface area (Å²) in [5.74, 6) is 0.338. The summed E-state index contributed by atoms with van der Waals surface area (Å²) in [6.45, 7) is 0.457. The van der Waals surface area contributed by atoms with Gasteiger partial charge in [-0.25, -0.2) is 0 Å². The van der Waals surface area contributed by atoms with E-state index in [1.807, 2.05) is 36.4 Å². The maximum Gasteiger partial charge on any atom is 0.261 e. The molecule has 1 aliphatic heterocycles. The van der Waals surface area contributed by atoms with E-state index >= 15 is 0 Å². The molecule has 2 aromatic rings. The zero-order valence-corrected chi connectivity index (χ0v) is 18.6. The van der Waals surface area contributed by atoms with Gasteiger partial charge in [-0.05, 0) is 49.4 Å². The monoisotopic (exact) mass is 470 g/mol. The van der Waals surface area contributed by atoms with Crippen molar-refractivity contribution in [2.24, 2.45) is 0 Å². The van der Waals surface area contributed by atoms with Gasteiger partial charge in [0.2, 0.25) is 5.91 Å². The molecule has 2 aromatic carbocycles. The van der Waals surface area contributed by atoms with Gasteiger partial charge in [0.25, 0.3) is 5.91 Å². The number of benzene rings is 2. The van der Waals surface area contributed by atoms with Crippen LogP contribution in [0, 0.1) is 0 Å². The number of hydrogen-bond donors (Lipinski definition) is 1. The van der Waals surface area contributed by atoms with Crippen molar-refractivity contribution in [2.75, 3.05) is 13.2 Å². The highest BCUT2D eigenvalue weighted by Crippen LogP contribution is 2.35. The van der Waals surface area contributed by atoms with Crippen LogP contribution >= 0.6 is 15.9 Å². The number of amides is 2. The Bertz CT molecular complexity index is 897. The second-order valence-corrected chi connectivity index (χ2v) is 8.96. The van der Waals surface area contributed by atoms with Gasteiger partial charge in [0.1, 0.15) is 11.8 Å². The molecule has 1 unspecified atom stereocenters. The Balaban J connectivity index is 1.58. The number of nitrogens with one attached hydrogen (secondary N) is 1. The third-order valence-corrected chi connectivity index (χ3v) is 6.40. The molecule has 2 aliphatic rings. The Kier molecular flexibility index (Phi) is 6.72. The largest absolute Gasteiger partial charge is 0.483 e. The van der Waals surface area contributed by atoms with E-state index in [1.54, 1.807) is 4.90 Å². The molecule has 2 amide bonds. The van der Waals surface area contributed by atoms with Crippen LogP contribution in [-0.2, 0) is 16.0 Å². The highest BCUT2D eigenvalue weighted by molar-refractivity contribution is 9.10. The number of halogens is 1. The predicted octanol–water partition coefficient (Wildman–Crippen LogP) is 4.40. The molecule has 0 saturated heterocycles. The van der Waals surface area contributed by atoms with Gasteiger partial charge in [0, 0.05) is 22.6 Å². The topological polar surface area (TPSA) is 58.6 Å². The van der Waals surface area contributed by atoms with E-state index in [4.69, 9.17) is 4.74 Å². The van der Waals surface area contributed by atoms with E-state index in [0.717, 1.165) is 48.6 Å². The lowest BCUT2D eigenvalue weighted by molar-refractivity contribution is -0.141. The molecule has 5 nitrogen and oxygen atoms in total. The van der Waals surface area contributed by atoms with Gasteiger partial charge in [0.05, 0.1) is 0 Å². The van der Waals surface area contributed by atoms with Crippen LogP contribution in [0.15, 0.2) is 53.0 Å². The zero-order valence-electron chi connectivity index (χ0n) is 17.0. The molecule has 0 radical (unpaired) electrons. The van der Waals surface area contributed by atoms with Crippen molar-refractivity contribution in [1.82, 2.24) is 10.2 Å². The second kappa shape index (κ2) is 9.65. The van der Waals surface area contributed by atoms with Crippen molar-refractivity contribution in [2.45, 2.75) is 50.6 Å². The fourth-order valence-electron chi connectivity index (χ4n) is 4.38. The summed E-state index contributed by atoms with van der Waals surface area (Å²) < 4.78 is 6.63. The summed E-state index contributed by atoms with van der Waals surface area (Å²) in [7, 11) is 0. The molecule has 4 rings (SSSR count). The van der Waals surface area contributed by atoms with Gasteiger partial charge < -0.3 is 15.0 Å². The zero-order chi connectivity index (χ0) is 20.9. The van der Waals surface area contributed by atoms with Crippen LogP contribution in [0.4, 0.5) is 0 Å². The van der Waals surface area contributed by atoms with E-state index in [2.05, 4.69) is 33.4 Å². The number of hydrogen-bond acceptors (Lipinski definition) is 3. The van der Waals surface area contributed by atoms with Crippen LogP contribution in [0.5, 0.6) is 5.75 Å². The van der Waals surface area contributed by atoms with Gasteiger partial charge in [-0.15, -0.1) is 0 Å². The highest BCUT2D eigenvalue weighted by Gasteiger charge is 2.37. The number of aryl methyl sites for hydroxylation is 1. The lowest BCUT2D eigenvalue weighted by Crippen LogP contribution is -2.46. The third-order valence-electron chi connectivity index (χ3n) is 5.91. The lowest BCUT2D eigenvalue weighted by atomic mass is 10.0. The average Bonchev–Trinajstić information content (AvgIpc) is 3.21. The minimum atomic E-state index is -0.677. The fourth-order valence-corrected chi connectivity index (χ4v) is 4.76. The smallest absolute Gasteiger partial charge is 0.261 e. The molecule has 1 fully saturated rings. The molecule has 1 N–H and O–H groups in total. The van der Waals surface area contributed by atoms with Crippen LogP contribution in [0.2, 0.25) is 0 Å². The molecular weight excluding hydrogens is 444 g/mol. The number of carbonyl (C=O) groups excluding carboxylic acids is 2. The first-order chi connectivity index (χ1) is 14.6. The van der Waals surface area contributed by atoms with E-state index in [9.17, 15) is 9.59 Å². The minimum Gasteiger partial charge on any atom is -0.483 e. The van der Waals surface area contributed by atoms with Crippen LogP contribution in [-0.4, -0.2) is 35.9 Å². The average molecular weight is 471 g/mol. The van der Waals surface area contributed by atoms with Crippen LogP contribution in [0.25, 0.3) is 0 Å². The number of rotatable bonds is 6. The van der Waals surface area contributed by atoms with Gasteiger partial charge in [-0.1, -0.05) is 59.1 Å². The molecule has 1 heterocycles. The summed E-state index contributed by atoms with van der Waals surface area (Å²) >= 11 is 3.51. The summed E-state index contributed by atoms with van der Waals surface area (Å²) in [6, 6.07) is 15.3. The van der Waals surface area contributed by atoms with Gasteiger partial charge in [0.15, 0.2) is 6.61 Å². The molecular formula is C24H27BrN2O3.